The van der Waals surface area contributed by atoms with Crippen LogP contribution < -0.4 is 10.2 Å². The van der Waals surface area contributed by atoms with Crippen molar-refractivity contribution < 1.29 is 19.5 Å². The fraction of sp³-hybridized carbons (Fsp3) is 0.308. The highest BCUT2D eigenvalue weighted by Crippen LogP contribution is 2.28. The van der Waals surface area contributed by atoms with Crippen LogP contribution in [0.15, 0.2) is 18.2 Å². The van der Waals surface area contributed by atoms with E-state index in [1.165, 1.54) is 0 Å². The molecular formula is C13H14N2O4. The number of amides is 2. The van der Waals surface area contributed by atoms with E-state index in [4.69, 9.17) is 5.11 Å². The van der Waals surface area contributed by atoms with Crippen LogP contribution in [0.5, 0.6) is 0 Å². The van der Waals surface area contributed by atoms with Crippen molar-refractivity contribution in [3.05, 3.63) is 29.3 Å². The van der Waals surface area contributed by atoms with Gasteiger partial charge in [0.25, 0.3) is 0 Å². The Morgan fingerprint density at radius 2 is 2.16 bits per heavy atom. The average molecular weight is 262 g/mol. The fourth-order valence-corrected chi connectivity index (χ4v) is 2.03. The van der Waals surface area contributed by atoms with Gasteiger partial charge in [-0.1, -0.05) is 12.1 Å². The Kier molecular flexibility index (Phi) is 3.50. The first kappa shape index (κ1) is 13.1. The molecule has 19 heavy (non-hydrogen) atoms. The van der Waals surface area contributed by atoms with Gasteiger partial charge < -0.3 is 15.3 Å². The quantitative estimate of drug-likeness (QED) is 0.764. The average Bonchev–Trinajstić information content (AvgIpc) is 2.61. The summed E-state index contributed by atoms with van der Waals surface area (Å²) in [6, 6.07) is 5.51. The molecule has 2 N–H and O–H groups in total. The first-order valence-corrected chi connectivity index (χ1v) is 5.84. The van der Waals surface area contributed by atoms with Gasteiger partial charge in [0.15, 0.2) is 0 Å². The van der Waals surface area contributed by atoms with Crippen molar-refractivity contribution >= 4 is 23.5 Å². The number of carbonyl (C=O) groups is 3. The van der Waals surface area contributed by atoms with Crippen LogP contribution in [0.2, 0.25) is 0 Å². The minimum Gasteiger partial charge on any atom is -0.481 e. The van der Waals surface area contributed by atoms with E-state index >= 15 is 0 Å². The molecule has 6 heteroatoms. The van der Waals surface area contributed by atoms with Gasteiger partial charge in [-0.25, -0.2) is 0 Å². The van der Waals surface area contributed by atoms with Gasteiger partial charge in [0.1, 0.15) is 6.42 Å². The van der Waals surface area contributed by atoms with Crippen molar-refractivity contribution in [3.63, 3.8) is 0 Å². The van der Waals surface area contributed by atoms with Gasteiger partial charge in [0.2, 0.25) is 11.8 Å². The summed E-state index contributed by atoms with van der Waals surface area (Å²) in [7, 11) is 1.72. The monoisotopic (exact) mass is 262 g/mol. The highest BCUT2D eigenvalue weighted by Gasteiger charge is 2.23. The summed E-state index contributed by atoms with van der Waals surface area (Å²) in [4.78, 5) is 34.7. The van der Waals surface area contributed by atoms with E-state index in [0.29, 0.717) is 6.42 Å². The zero-order valence-electron chi connectivity index (χ0n) is 10.5. The Hall–Kier alpha value is -2.37. The summed E-state index contributed by atoms with van der Waals surface area (Å²) >= 11 is 0. The lowest BCUT2D eigenvalue weighted by Gasteiger charge is -2.10. The van der Waals surface area contributed by atoms with E-state index in [-0.39, 0.29) is 12.5 Å². The third kappa shape index (κ3) is 2.90. The molecule has 0 bridgehead atoms. The smallest absolute Gasteiger partial charge is 0.312 e. The molecule has 1 aromatic carbocycles. The molecule has 0 aromatic heterocycles. The normalized spacial score (nSPS) is 13.3. The SMILES string of the molecule is CN1C(=O)Cc2cc(CNC(=O)CC(=O)O)ccc21. The summed E-state index contributed by atoms with van der Waals surface area (Å²) in [5, 5.41) is 11.0. The number of carbonyl (C=O) groups excluding carboxylic acids is 2. The number of hydrogen-bond donors (Lipinski definition) is 2. The number of carboxylic acids is 1. The van der Waals surface area contributed by atoms with E-state index in [2.05, 4.69) is 5.32 Å². The maximum absolute atomic E-state index is 11.5. The molecule has 0 spiro atoms. The maximum Gasteiger partial charge on any atom is 0.312 e. The summed E-state index contributed by atoms with van der Waals surface area (Å²) < 4.78 is 0. The molecule has 0 atom stereocenters. The van der Waals surface area contributed by atoms with Crippen molar-refractivity contribution in [1.29, 1.82) is 0 Å². The predicted molar refractivity (Wildman–Crippen MR) is 67.7 cm³/mol. The van der Waals surface area contributed by atoms with E-state index in [1.54, 1.807) is 11.9 Å². The molecule has 1 aliphatic rings. The Bertz CT molecular complexity index is 554. The molecule has 0 aliphatic carbocycles. The second-order valence-corrected chi connectivity index (χ2v) is 4.44. The van der Waals surface area contributed by atoms with E-state index in [9.17, 15) is 14.4 Å². The molecule has 2 amide bonds. The molecule has 0 saturated carbocycles. The number of nitrogens with one attached hydrogen (secondary N) is 1. The van der Waals surface area contributed by atoms with E-state index < -0.39 is 18.3 Å². The number of hydrogen-bond acceptors (Lipinski definition) is 3. The molecule has 0 fully saturated rings. The Labute approximate surface area is 110 Å². The number of benzene rings is 1. The molecular weight excluding hydrogens is 248 g/mol. The minimum atomic E-state index is -1.15. The van der Waals surface area contributed by atoms with E-state index in [1.807, 2.05) is 18.2 Å². The Balaban J connectivity index is 2.00. The molecule has 2 rings (SSSR count). The molecule has 6 nitrogen and oxygen atoms in total. The summed E-state index contributed by atoms with van der Waals surface area (Å²) in [5.41, 5.74) is 2.66. The summed E-state index contributed by atoms with van der Waals surface area (Å²) in [6.45, 7) is 0.261. The standard InChI is InChI=1S/C13H14N2O4/c1-15-10-3-2-8(4-9(10)5-12(15)17)7-14-11(16)6-13(18)19/h2-4H,5-7H2,1H3,(H,14,16)(H,18,19). The second-order valence-electron chi connectivity index (χ2n) is 4.44. The van der Waals surface area contributed by atoms with Gasteiger partial charge in [-0.15, -0.1) is 0 Å². The van der Waals surface area contributed by atoms with Gasteiger partial charge in [0, 0.05) is 19.3 Å². The maximum atomic E-state index is 11.5. The lowest BCUT2D eigenvalue weighted by molar-refractivity contribution is -0.140. The summed E-state index contributed by atoms with van der Waals surface area (Å²) in [6.07, 6.45) is -0.172. The number of aliphatic carboxylic acids is 1. The lowest BCUT2D eigenvalue weighted by atomic mass is 10.1. The number of anilines is 1. The largest absolute Gasteiger partial charge is 0.481 e. The van der Waals surface area contributed by atoms with Crippen LogP contribution in [-0.4, -0.2) is 29.9 Å². The van der Waals surface area contributed by atoms with E-state index in [0.717, 1.165) is 16.8 Å². The number of likely N-dealkylation sites (N-methyl/N-ethyl adjacent to an activating group) is 1. The van der Waals surface area contributed by atoms with Crippen LogP contribution >= 0.6 is 0 Å². The zero-order valence-corrected chi connectivity index (χ0v) is 10.5. The van der Waals surface area contributed by atoms with Crippen molar-refractivity contribution in [2.45, 2.75) is 19.4 Å². The summed E-state index contributed by atoms with van der Waals surface area (Å²) in [5.74, 6) is -1.64. The van der Waals surface area contributed by atoms with Crippen LogP contribution in [0.25, 0.3) is 0 Å². The molecule has 0 radical (unpaired) electrons. The van der Waals surface area contributed by atoms with Crippen molar-refractivity contribution in [1.82, 2.24) is 5.32 Å². The number of rotatable bonds is 4. The molecule has 1 aromatic rings. The van der Waals surface area contributed by atoms with Crippen LogP contribution in [0.1, 0.15) is 17.5 Å². The van der Waals surface area contributed by atoms with Gasteiger partial charge in [-0.3, -0.25) is 14.4 Å². The third-order valence-electron chi connectivity index (χ3n) is 3.02. The van der Waals surface area contributed by atoms with Crippen molar-refractivity contribution in [3.8, 4) is 0 Å². The fourth-order valence-electron chi connectivity index (χ4n) is 2.03. The van der Waals surface area contributed by atoms with Crippen LogP contribution in [-0.2, 0) is 27.3 Å². The van der Waals surface area contributed by atoms with Gasteiger partial charge >= 0.3 is 5.97 Å². The Morgan fingerprint density at radius 3 is 2.84 bits per heavy atom. The van der Waals surface area contributed by atoms with Gasteiger partial charge in [0.05, 0.1) is 6.42 Å². The first-order chi connectivity index (χ1) is 8.97. The molecule has 0 saturated heterocycles. The van der Waals surface area contributed by atoms with Crippen LogP contribution in [0, 0.1) is 0 Å². The van der Waals surface area contributed by atoms with Gasteiger partial charge in [-0.2, -0.15) is 0 Å². The zero-order chi connectivity index (χ0) is 14.0. The van der Waals surface area contributed by atoms with Crippen LogP contribution in [0.4, 0.5) is 5.69 Å². The molecule has 1 aliphatic heterocycles. The topological polar surface area (TPSA) is 86.7 Å². The predicted octanol–water partition coefficient (Wildman–Crippen LogP) is 0.296. The van der Waals surface area contributed by atoms with Crippen LogP contribution in [0.3, 0.4) is 0 Å². The third-order valence-corrected chi connectivity index (χ3v) is 3.02. The molecule has 1 heterocycles. The lowest BCUT2D eigenvalue weighted by Crippen LogP contribution is -2.25. The van der Waals surface area contributed by atoms with Crippen molar-refractivity contribution in [2.24, 2.45) is 0 Å². The number of fused-ring (bicyclic) bond motifs is 1. The minimum absolute atomic E-state index is 0.0436. The molecule has 0 unspecified atom stereocenters. The molecule has 100 valence electrons. The Morgan fingerprint density at radius 1 is 1.42 bits per heavy atom. The number of nitrogens with zero attached hydrogens (tertiary/aromatic N) is 1. The highest BCUT2D eigenvalue weighted by molar-refractivity contribution is 6.01. The first-order valence-electron chi connectivity index (χ1n) is 5.84. The van der Waals surface area contributed by atoms with Gasteiger partial charge in [-0.05, 0) is 17.2 Å². The second kappa shape index (κ2) is 5.09. The highest BCUT2D eigenvalue weighted by atomic mass is 16.4. The number of carboxylic acid groups (broad SMARTS) is 1. The van der Waals surface area contributed by atoms with Crippen molar-refractivity contribution in [2.75, 3.05) is 11.9 Å².